The molecule has 0 aliphatic rings. The molecule has 8 nitrogen and oxygen atoms in total. The molecule has 22 heavy (non-hydrogen) atoms. The van der Waals surface area contributed by atoms with Crippen LogP contribution in [0.15, 0.2) is 16.7 Å². The highest BCUT2D eigenvalue weighted by molar-refractivity contribution is 9.10. The Kier molecular flexibility index (Phi) is 4.96. The fraction of sp³-hybridized carbons (Fsp3) is 0.385. The minimum Gasteiger partial charge on any atom is -0.481 e. The molecule has 0 unspecified atom stereocenters. The number of pyridine rings is 1. The molecule has 0 amide bonds. The van der Waals surface area contributed by atoms with E-state index in [2.05, 4.69) is 31.3 Å². The van der Waals surface area contributed by atoms with Gasteiger partial charge in [0.2, 0.25) is 5.88 Å². The number of aryl methyl sites for hydroxylation is 2. The van der Waals surface area contributed by atoms with Gasteiger partial charge in [0.1, 0.15) is 12.0 Å². The second-order valence-electron chi connectivity index (χ2n) is 4.55. The molecule has 2 rings (SSSR count). The number of aromatic nitrogens is 3. The van der Waals surface area contributed by atoms with E-state index in [-0.39, 0.29) is 5.69 Å². The van der Waals surface area contributed by atoms with Crippen molar-refractivity contribution in [3.05, 3.63) is 38.1 Å². The minimum atomic E-state index is -0.485. The number of hydrogen-bond acceptors (Lipinski definition) is 6. The topological polar surface area (TPSA) is 95.1 Å². The van der Waals surface area contributed by atoms with Crippen molar-refractivity contribution in [2.45, 2.75) is 19.9 Å². The molecule has 118 valence electrons. The summed E-state index contributed by atoms with van der Waals surface area (Å²) >= 11 is 3.28. The van der Waals surface area contributed by atoms with E-state index in [1.54, 1.807) is 11.8 Å². The summed E-state index contributed by atoms with van der Waals surface area (Å²) in [7, 11) is 3.42. The van der Waals surface area contributed by atoms with Gasteiger partial charge in [-0.3, -0.25) is 10.1 Å². The zero-order chi connectivity index (χ0) is 16.3. The van der Waals surface area contributed by atoms with Crippen LogP contribution in [0.25, 0.3) is 0 Å². The van der Waals surface area contributed by atoms with Gasteiger partial charge in [0.05, 0.1) is 27.8 Å². The molecule has 1 N–H and O–H groups in total. The molecule has 9 heteroatoms. The highest BCUT2D eigenvalue weighted by atomic mass is 79.9. The number of nitro groups is 1. The van der Waals surface area contributed by atoms with E-state index in [9.17, 15) is 10.1 Å². The Morgan fingerprint density at radius 2 is 2.27 bits per heavy atom. The summed E-state index contributed by atoms with van der Waals surface area (Å²) in [5.41, 5.74) is 1.81. The average Bonchev–Trinajstić information content (AvgIpc) is 2.80. The molecule has 0 aliphatic heterocycles. The van der Waals surface area contributed by atoms with Crippen molar-refractivity contribution in [2.75, 3.05) is 12.4 Å². The molecule has 2 aromatic heterocycles. The molecule has 0 bridgehead atoms. The van der Waals surface area contributed by atoms with Crippen LogP contribution in [-0.4, -0.2) is 26.8 Å². The Bertz CT molecular complexity index is 701. The van der Waals surface area contributed by atoms with E-state index in [0.717, 1.165) is 17.7 Å². The van der Waals surface area contributed by atoms with Gasteiger partial charge in [-0.2, -0.15) is 5.10 Å². The summed E-state index contributed by atoms with van der Waals surface area (Å²) in [5.74, 6) is 1.21. The number of halogens is 1. The quantitative estimate of drug-likeness (QED) is 0.621. The van der Waals surface area contributed by atoms with E-state index < -0.39 is 4.92 Å². The molecule has 0 atom stereocenters. The predicted molar refractivity (Wildman–Crippen MR) is 85.1 cm³/mol. The number of nitrogens with one attached hydrogen (secondary N) is 1. The second kappa shape index (κ2) is 6.73. The SMILES string of the molecule is CCc1nn(C)c(OC)c1CNc1ncc([N+](=O)[O-])cc1Br. The van der Waals surface area contributed by atoms with Gasteiger partial charge in [0.15, 0.2) is 0 Å². The second-order valence-corrected chi connectivity index (χ2v) is 5.40. The standard InChI is InChI=1S/C13H16BrN5O3/c1-4-11-9(13(22-3)18(2)17-11)7-16-12-10(14)5-8(6-15-12)19(20)21/h5-6H,4,7H2,1-3H3,(H,15,16). The van der Waals surface area contributed by atoms with Crippen LogP contribution in [0.5, 0.6) is 5.88 Å². The Hall–Kier alpha value is -2.16. The van der Waals surface area contributed by atoms with E-state index in [1.165, 1.54) is 12.3 Å². The maximum absolute atomic E-state index is 10.7. The lowest BCUT2D eigenvalue weighted by Gasteiger charge is -2.09. The fourth-order valence-corrected chi connectivity index (χ4v) is 2.63. The zero-order valence-corrected chi connectivity index (χ0v) is 14.0. The van der Waals surface area contributed by atoms with Crippen molar-refractivity contribution in [1.29, 1.82) is 0 Å². The third-order valence-electron chi connectivity index (χ3n) is 3.17. The van der Waals surface area contributed by atoms with Gasteiger partial charge in [-0.25, -0.2) is 9.67 Å². The molecule has 0 saturated carbocycles. The van der Waals surface area contributed by atoms with Gasteiger partial charge in [-0.15, -0.1) is 0 Å². The highest BCUT2D eigenvalue weighted by Crippen LogP contribution is 2.27. The summed E-state index contributed by atoms with van der Waals surface area (Å²) in [6.07, 6.45) is 2.00. The smallest absolute Gasteiger partial charge is 0.288 e. The van der Waals surface area contributed by atoms with Gasteiger partial charge in [-0.1, -0.05) is 6.92 Å². The van der Waals surface area contributed by atoms with Crippen molar-refractivity contribution in [1.82, 2.24) is 14.8 Å². The molecule has 0 spiro atoms. The van der Waals surface area contributed by atoms with Crippen LogP contribution in [0, 0.1) is 10.1 Å². The lowest BCUT2D eigenvalue weighted by atomic mass is 10.2. The van der Waals surface area contributed by atoms with Crippen LogP contribution in [0.3, 0.4) is 0 Å². The fourth-order valence-electron chi connectivity index (χ4n) is 2.15. The first-order chi connectivity index (χ1) is 10.5. The molecule has 0 radical (unpaired) electrons. The normalized spacial score (nSPS) is 10.5. The van der Waals surface area contributed by atoms with Crippen molar-refractivity contribution < 1.29 is 9.66 Å². The summed E-state index contributed by atoms with van der Waals surface area (Å²) in [5, 5.41) is 18.3. The van der Waals surface area contributed by atoms with Gasteiger partial charge >= 0.3 is 0 Å². The van der Waals surface area contributed by atoms with E-state index in [0.29, 0.717) is 22.7 Å². The molecule has 2 aromatic rings. The Labute approximate surface area is 135 Å². The van der Waals surface area contributed by atoms with Crippen LogP contribution in [0.1, 0.15) is 18.2 Å². The van der Waals surface area contributed by atoms with Crippen LogP contribution in [-0.2, 0) is 20.0 Å². The molecule has 0 aromatic carbocycles. The maximum Gasteiger partial charge on any atom is 0.288 e. The third kappa shape index (κ3) is 3.19. The predicted octanol–water partition coefficient (Wildman–Crippen LogP) is 2.67. The van der Waals surface area contributed by atoms with Gasteiger partial charge in [-0.05, 0) is 22.4 Å². The lowest BCUT2D eigenvalue weighted by Crippen LogP contribution is -2.05. The number of nitrogens with zero attached hydrogens (tertiary/aromatic N) is 4. The summed E-state index contributed by atoms with van der Waals surface area (Å²) < 4.78 is 7.59. The highest BCUT2D eigenvalue weighted by Gasteiger charge is 2.17. The van der Waals surface area contributed by atoms with Crippen molar-refractivity contribution >= 4 is 27.4 Å². The van der Waals surface area contributed by atoms with Crippen LogP contribution in [0.4, 0.5) is 11.5 Å². The first-order valence-corrected chi connectivity index (χ1v) is 7.39. The number of anilines is 1. The van der Waals surface area contributed by atoms with Gasteiger partial charge < -0.3 is 10.1 Å². The monoisotopic (exact) mass is 369 g/mol. The van der Waals surface area contributed by atoms with Crippen molar-refractivity contribution in [3.8, 4) is 5.88 Å². The molecule has 0 aliphatic carbocycles. The van der Waals surface area contributed by atoms with Gasteiger partial charge in [0, 0.05) is 19.7 Å². The summed E-state index contributed by atoms with van der Waals surface area (Å²) in [6.45, 7) is 2.48. The number of rotatable bonds is 6. The number of hydrogen-bond donors (Lipinski definition) is 1. The summed E-state index contributed by atoms with van der Waals surface area (Å²) in [4.78, 5) is 14.3. The Morgan fingerprint density at radius 1 is 1.55 bits per heavy atom. The average molecular weight is 370 g/mol. The Morgan fingerprint density at radius 3 is 2.82 bits per heavy atom. The molecule has 2 heterocycles. The lowest BCUT2D eigenvalue weighted by molar-refractivity contribution is -0.385. The van der Waals surface area contributed by atoms with E-state index >= 15 is 0 Å². The largest absolute Gasteiger partial charge is 0.481 e. The third-order valence-corrected chi connectivity index (χ3v) is 3.77. The number of ether oxygens (including phenoxy) is 1. The first kappa shape index (κ1) is 16.2. The zero-order valence-electron chi connectivity index (χ0n) is 12.5. The van der Waals surface area contributed by atoms with E-state index in [1.807, 2.05) is 14.0 Å². The van der Waals surface area contributed by atoms with Crippen molar-refractivity contribution in [3.63, 3.8) is 0 Å². The first-order valence-electron chi connectivity index (χ1n) is 6.60. The van der Waals surface area contributed by atoms with Crippen molar-refractivity contribution in [2.24, 2.45) is 7.05 Å². The molecular formula is C13H16BrN5O3. The minimum absolute atomic E-state index is 0.0642. The molecule has 0 saturated heterocycles. The van der Waals surface area contributed by atoms with E-state index in [4.69, 9.17) is 4.74 Å². The maximum atomic E-state index is 10.7. The van der Waals surface area contributed by atoms with Crippen LogP contribution >= 0.6 is 15.9 Å². The Balaban J connectivity index is 2.22. The summed E-state index contributed by atoms with van der Waals surface area (Å²) in [6, 6.07) is 1.41. The number of methoxy groups -OCH3 is 1. The van der Waals surface area contributed by atoms with Crippen LogP contribution in [0.2, 0.25) is 0 Å². The molecular weight excluding hydrogens is 354 g/mol. The van der Waals surface area contributed by atoms with Gasteiger partial charge in [0.25, 0.3) is 5.69 Å². The molecule has 0 fully saturated rings. The van der Waals surface area contributed by atoms with Crippen LogP contribution < -0.4 is 10.1 Å².